The molecule has 0 aliphatic carbocycles. The summed E-state index contributed by atoms with van der Waals surface area (Å²) in [5.41, 5.74) is 0.170. The van der Waals surface area contributed by atoms with Gasteiger partial charge in [0.05, 0.1) is 11.5 Å². The molecule has 1 aliphatic heterocycles. The van der Waals surface area contributed by atoms with Crippen molar-refractivity contribution >= 4 is 27.5 Å². The van der Waals surface area contributed by atoms with Crippen molar-refractivity contribution in [2.24, 2.45) is 0 Å². The standard InChI is InChI=1S/C23H20N4O5S/c1-15-6-5-10-27-20(15)26-22(32-18-7-3-2-4-8-18)19(23(27)29)12-16(13-24)21(28)25-17-9-11-33(30,31)14-17/h2-8,10,12,17H,9,11,14H2,1H3,(H,25,28). The lowest BCUT2D eigenvalue weighted by Crippen LogP contribution is -2.36. The minimum atomic E-state index is -3.21. The van der Waals surface area contributed by atoms with Crippen LogP contribution in [0.1, 0.15) is 17.5 Å². The maximum Gasteiger partial charge on any atom is 0.269 e. The van der Waals surface area contributed by atoms with Crippen LogP contribution in [0.25, 0.3) is 11.7 Å². The van der Waals surface area contributed by atoms with Crippen LogP contribution in [0.15, 0.2) is 59.0 Å². The third-order valence-electron chi connectivity index (χ3n) is 5.23. The molecule has 3 aromatic rings. The van der Waals surface area contributed by atoms with Gasteiger partial charge in [-0.05, 0) is 43.2 Å². The van der Waals surface area contributed by atoms with Crippen LogP contribution in [0.4, 0.5) is 0 Å². The fourth-order valence-electron chi connectivity index (χ4n) is 3.56. The predicted octanol–water partition coefficient (Wildman–Crippen LogP) is 2.01. The lowest BCUT2D eigenvalue weighted by atomic mass is 10.1. The number of fused-ring (bicyclic) bond motifs is 1. The normalized spacial score (nSPS) is 17.5. The van der Waals surface area contributed by atoms with Gasteiger partial charge in [0.15, 0.2) is 9.84 Å². The Balaban J connectivity index is 1.79. The second-order valence-corrected chi connectivity index (χ2v) is 9.91. The van der Waals surface area contributed by atoms with Crippen LogP contribution >= 0.6 is 0 Å². The van der Waals surface area contributed by atoms with E-state index in [1.165, 1.54) is 10.6 Å². The lowest BCUT2D eigenvalue weighted by Gasteiger charge is -2.12. The van der Waals surface area contributed by atoms with Gasteiger partial charge in [0, 0.05) is 12.2 Å². The molecular formula is C23H20N4O5S. The summed E-state index contributed by atoms with van der Waals surface area (Å²) in [6, 6.07) is 13.4. The molecular weight excluding hydrogens is 444 g/mol. The highest BCUT2D eigenvalue weighted by Crippen LogP contribution is 2.24. The van der Waals surface area contributed by atoms with Crippen molar-refractivity contribution in [2.45, 2.75) is 19.4 Å². The Morgan fingerprint density at radius 3 is 2.70 bits per heavy atom. The SMILES string of the molecule is Cc1cccn2c(=O)c(C=C(C#N)C(=O)NC3CCS(=O)(=O)C3)c(Oc3ccccc3)nc12. The number of nitrogens with zero attached hydrogens (tertiary/aromatic N) is 3. The number of carbonyl (C=O) groups excluding carboxylic acids is 1. The zero-order chi connectivity index (χ0) is 23.6. The monoisotopic (exact) mass is 464 g/mol. The van der Waals surface area contributed by atoms with Crippen molar-refractivity contribution in [2.75, 3.05) is 11.5 Å². The van der Waals surface area contributed by atoms with Crippen LogP contribution in [0.5, 0.6) is 11.6 Å². The van der Waals surface area contributed by atoms with Crippen LogP contribution in [0.2, 0.25) is 0 Å². The molecule has 1 aliphatic rings. The van der Waals surface area contributed by atoms with Crippen molar-refractivity contribution in [1.82, 2.24) is 14.7 Å². The van der Waals surface area contributed by atoms with Gasteiger partial charge in [0.25, 0.3) is 11.5 Å². The number of aromatic nitrogens is 2. The second kappa shape index (κ2) is 8.88. The number of hydrogen-bond donors (Lipinski definition) is 1. The minimum Gasteiger partial charge on any atom is -0.438 e. The van der Waals surface area contributed by atoms with E-state index < -0.39 is 27.3 Å². The zero-order valence-corrected chi connectivity index (χ0v) is 18.5. The van der Waals surface area contributed by atoms with Crippen LogP contribution in [0, 0.1) is 18.3 Å². The van der Waals surface area contributed by atoms with Gasteiger partial charge in [0.2, 0.25) is 5.88 Å². The number of hydrogen-bond acceptors (Lipinski definition) is 7. The lowest BCUT2D eigenvalue weighted by molar-refractivity contribution is -0.117. The van der Waals surface area contributed by atoms with E-state index in [2.05, 4.69) is 10.3 Å². The average Bonchev–Trinajstić information content (AvgIpc) is 3.13. The first kappa shape index (κ1) is 22.2. The van der Waals surface area contributed by atoms with E-state index in [-0.39, 0.29) is 34.9 Å². The van der Waals surface area contributed by atoms with E-state index in [1.54, 1.807) is 49.4 Å². The molecule has 1 aromatic carbocycles. The Labute approximate surface area is 189 Å². The summed E-state index contributed by atoms with van der Waals surface area (Å²) in [5, 5.41) is 12.2. The third kappa shape index (κ3) is 4.78. The molecule has 1 unspecified atom stereocenters. The van der Waals surface area contributed by atoms with E-state index in [4.69, 9.17) is 4.74 Å². The maximum absolute atomic E-state index is 13.3. The largest absolute Gasteiger partial charge is 0.438 e. The van der Waals surface area contributed by atoms with Gasteiger partial charge in [-0.25, -0.2) is 8.42 Å². The van der Waals surface area contributed by atoms with Crippen LogP contribution in [-0.2, 0) is 14.6 Å². The highest BCUT2D eigenvalue weighted by atomic mass is 32.2. The summed E-state index contributed by atoms with van der Waals surface area (Å²) in [4.78, 5) is 30.4. The molecule has 168 valence electrons. The molecule has 0 saturated carbocycles. The number of nitrogens with one attached hydrogen (secondary N) is 1. The topological polar surface area (TPSA) is 131 Å². The first-order valence-corrected chi connectivity index (χ1v) is 12.0. The van der Waals surface area contributed by atoms with Gasteiger partial charge >= 0.3 is 0 Å². The fraction of sp³-hybridized carbons (Fsp3) is 0.217. The van der Waals surface area contributed by atoms with Crippen molar-refractivity contribution in [1.29, 1.82) is 5.26 Å². The smallest absolute Gasteiger partial charge is 0.269 e. The second-order valence-electron chi connectivity index (χ2n) is 7.68. The van der Waals surface area contributed by atoms with Crippen LogP contribution in [-0.4, -0.2) is 41.3 Å². The molecule has 0 bridgehead atoms. The molecule has 1 saturated heterocycles. The molecule has 1 fully saturated rings. The molecule has 1 atom stereocenters. The van der Waals surface area contributed by atoms with Gasteiger partial charge in [-0.2, -0.15) is 10.2 Å². The molecule has 33 heavy (non-hydrogen) atoms. The molecule has 4 rings (SSSR count). The maximum atomic E-state index is 13.3. The van der Waals surface area contributed by atoms with Gasteiger partial charge < -0.3 is 10.1 Å². The van der Waals surface area contributed by atoms with E-state index >= 15 is 0 Å². The zero-order valence-electron chi connectivity index (χ0n) is 17.7. The van der Waals surface area contributed by atoms with E-state index in [0.29, 0.717) is 11.4 Å². The number of nitriles is 1. The number of pyridine rings is 1. The quantitative estimate of drug-likeness (QED) is 0.451. The van der Waals surface area contributed by atoms with Gasteiger partial charge in [-0.3, -0.25) is 14.0 Å². The highest BCUT2D eigenvalue weighted by Gasteiger charge is 2.30. The molecule has 1 amide bonds. The Kier molecular flexibility index (Phi) is 5.98. The molecule has 9 nitrogen and oxygen atoms in total. The number of amides is 1. The first-order chi connectivity index (χ1) is 15.8. The van der Waals surface area contributed by atoms with E-state index in [9.17, 15) is 23.3 Å². The predicted molar refractivity (Wildman–Crippen MR) is 122 cm³/mol. The number of rotatable bonds is 5. The van der Waals surface area contributed by atoms with Crippen molar-refractivity contribution in [3.05, 3.63) is 75.7 Å². The number of carbonyl (C=O) groups is 1. The Morgan fingerprint density at radius 1 is 1.27 bits per heavy atom. The summed E-state index contributed by atoms with van der Waals surface area (Å²) < 4.78 is 30.5. The molecule has 0 radical (unpaired) electrons. The molecule has 10 heteroatoms. The number of para-hydroxylation sites is 1. The van der Waals surface area contributed by atoms with Crippen molar-refractivity contribution in [3.63, 3.8) is 0 Å². The third-order valence-corrected chi connectivity index (χ3v) is 7.00. The highest BCUT2D eigenvalue weighted by molar-refractivity contribution is 7.91. The molecule has 1 N–H and O–H groups in total. The van der Waals surface area contributed by atoms with Crippen LogP contribution in [0.3, 0.4) is 0 Å². The van der Waals surface area contributed by atoms with Gasteiger partial charge in [-0.1, -0.05) is 24.3 Å². The number of benzene rings is 1. The summed E-state index contributed by atoms with van der Waals surface area (Å²) in [6.07, 6.45) is 2.94. The minimum absolute atomic E-state index is 0.0199. The first-order valence-electron chi connectivity index (χ1n) is 10.2. The summed E-state index contributed by atoms with van der Waals surface area (Å²) >= 11 is 0. The average molecular weight is 465 g/mol. The molecule has 3 heterocycles. The number of sulfone groups is 1. The number of aryl methyl sites for hydroxylation is 1. The summed E-state index contributed by atoms with van der Waals surface area (Å²) in [5.74, 6) is -0.590. The molecule has 0 spiro atoms. The van der Waals surface area contributed by atoms with E-state index in [1.807, 2.05) is 6.07 Å². The Bertz CT molecular complexity index is 1470. The van der Waals surface area contributed by atoms with Gasteiger partial charge in [0.1, 0.15) is 28.6 Å². The van der Waals surface area contributed by atoms with Gasteiger partial charge in [-0.15, -0.1) is 0 Å². The van der Waals surface area contributed by atoms with Crippen molar-refractivity contribution < 1.29 is 17.9 Å². The summed E-state index contributed by atoms with van der Waals surface area (Å²) in [7, 11) is -3.21. The van der Waals surface area contributed by atoms with Crippen molar-refractivity contribution in [3.8, 4) is 17.7 Å². The summed E-state index contributed by atoms with van der Waals surface area (Å²) in [6.45, 7) is 1.80. The number of ether oxygens (including phenoxy) is 1. The Hall–Kier alpha value is -3.97. The molecule has 2 aromatic heterocycles. The van der Waals surface area contributed by atoms with Crippen LogP contribution < -0.4 is 15.6 Å². The fourth-order valence-corrected chi connectivity index (χ4v) is 5.23. The Morgan fingerprint density at radius 2 is 2.03 bits per heavy atom. The van der Waals surface area contributed by atoms with E-state index in [0.717, 1.165) is 11.6 Å².